The molecule has 3 nitrogen and oxygen atoms in total. The van der Waals surface area contributed by atoms with Crippen molar-refractivity contribution in [1.29, 1.82) is 0 Å². The highest BCUT2D eigenvalue weighted by molar-refractivity contribution is 9.11. The van der Waals surface area contributed by atoms with Crippen molar-refractivity contribution in [3.05, 3.63) is 20.3 Å². The molecule has 0 spiro atoms. The van der Waals surface area contributed by atoms with Crippen molar-refractivity contribution in [2.24, 2.45) is 5.92 Å². The monoisotopic (exact) mass is 356 g/mol. The number of halogens is 1. The Kier molecular flexibility index (Phi) is 4.48. The lowest BCUT2D eigenvalue weighted by Crippen LogP contribution is -2.42. The summed E-state index contributed by atoms with van der Waals surface area (Å²) in [5, 5.41) is 3.50. The van der Waals surface area contributed by atoms with Crippen molar-refractivity contribution in [3.8, 4) is 0 Å². The van der Waals surface area contributed by atoms with Crippen LogP contribution < -0.4 is 5.32 Å². The van der Waals surface area contributed by atoms with E-state index in [1.54, 1.807) is 11.3 Å². The third-order valence-corrected chi connectivity index (χ3v) is 6.26. The van der Waals surface area contributed by atoms with Gasteiger partial charge in [0.25, 0.3) is 5.91 Å². The van der Waals surface area contributed by atoms with Crippen molar-refractivity contribution in [1.82, 2.24) is 10.2 Å². The largest absolute Gasteiger partial charge is 0.336 e. The summed E-state index contributed by atoms with van der Waals surface area (Å²) in [4.78, 5) is 15.7. The average molecular weight is 357 g/mol. The Hall–Kier alpha value is -0.390. The SMILES string of the molecule is Cc1cc(C(=O)N(CC2CC2)CC2CCCN2)sc1Br. The summed E-state index contributed by atoms with van der Waals surface area (Å²) in [5.41, 5.74) is 1.16. The Morgan fingerprint density at radius 1 is 1.45 bits per heavy atom. The molecule has 0 aromatic carbocycles. The zero-order valence-corrected chi connectivity index (χ0v) is 14.2. The lowest BCUT2D eigenvalue weighted by molar-refractivity contribution is 0.0738. The first-order valence-corrected chi connectivity index (χ1v) is 9.03. The van der Waals surface area contributed by atoms with E-state index in [2.05, 4.69) is 26.1 Å². The van der Waals surface area contributed by atoms with Crippen LogP contribution in [0.3, 0.4) is 0 Å². The van der Waals surface area contributed by atoms with Crippen LogP contribution in [0.4, 0.5) is 0 Å². The predicted octanol–water partition coefficient (Wildman–Crippen LogP) is 3.42. The van der Waals surface area contributed by atoms with Crippen molar-refractivity contribution in [2.75, 3.05) is 19.6 Å². The molecule has 1 saturated heterocycles. The number of thiophene rings is 1. The topological polar surface area (TPSA) is 32.3 Å². The molecule has 2 heterocycles. The second-order valence-electron chi connectivity index (χ2n) is 6.01. The van der Waals surface area contributed by atoms with Gasteiger partial charge in [0.05, 0.1) is 8.66 Å². The van der Waals surface area contributed by atoms with E-state index in [1.807, 2.05) is 13.0 Å². The molecule has 2 fully saturated rings. The molecule has 1 aromatic rings. The van der Waals surface area contributed by atoms with E-state index in [0.717, 1.165) is 39.8 Å². The van der Waals surface area contributed by atoms with Gasteiger partial charge in [-0.15, -0.1) is 11.3 Å². The minimum absolute atomic E-state index is 0.212. The molecule has 1 aromatic heterocycles. The van der Waals surface area contributed by atoms with Crippen LogP contribution in [0.15, 0.2) is 9.85 Å². The van der Waals surface area contributed by atoms with Crippen molar-refractivity contribution >= 4 is 33.2 Å². The fourth-order valence-corrected chi connectivity index (χ4v) is 4.25. The van der Waals surface area contributed by atoms with Gasteiger partial charge in [-0.2, -0.15) is 0 Å². The number of hydrogen-bond acceptors (Lipinski definition) is 3. The van der Waals surface area contributed by atoms with E-state index in [0.29, 0.717) is 6.04 Å². The molecule has 1 unspecified atom stereocenters. The predicted molar refractivity (Wildman–Crippen MR) is 86.4 cm³/mol. The highest BCUT2D eigenvalue weighted by Crippen LogP contribution is 2.32. The molecule has 20 heavy (non-hydrogen) atoms. The van der Waals surface area contributed by atoms with E-state index in [4.69, 9.17) is 0 Å². The van der Waals surface area contributed by atoms with Crippen LogP contribution in [-0.2, 0) is 0 Å². The first kappa shape index (κ1) is 14.5. The highest BCUT2D eigenvalue weighted by atomic mass is 79.9. The summed E-state index contributed by atoms with van der Waals surface area (Å²) in [5.74, 6) is 0.953. The number of nitrogens with zero attached hydrogens (tertiary/aromatic N) is 1. The van der Waals surface area contributed by atoms with Crippen LogP contribution in [0.5, 0.6) is 0 Å². The van der Waals surface area contributed by atoms with E-state index >= 15 is 0 Å². The van der Waals surface area contributed by atoms with Crippen LogP contribution in [-0.4, -0.2) is 36.5 Å². The standard InChI is InChI=1S/C15H21BrN2OS/c1-10-7-13(20-14(10)16)15(19)18(8-11-4-5-11)9-12-3-2-6-17-12/h7,11-12,17H,2-6,8-9H2,1H3. The number of amides is 1. The number of hydrogen-bond donors (Lipinski definition) is 1. The van der Waals surface area contributed by atoms with Crippen LogP contribution in [0.25, 0.3) is 0 Å². The third-order valence-electron chi connectivity index (χ3n) is 4.13. The fraction of sp³-hybridized carbons (Fsp3) is 0.667. The van der Waals surface area contributed by atoms with Gasteiger partial charge in [0.15, 0.2) is 0 Å². The van der Waals surface area contributed by atoms with Crippen LogP contribution in [0.1, 0.15) is 40.9 Å². The molecule has 0 bridgehead atoms. The van der Waals surface area contributed by atoms with Crippen molar-refractivity contribution in [2.45, 2.75) is 38.6 Å². The molecule has 0 radical (unpaired) electrons. The number of nitrogens with one attached hydrogen (secondary N) is 1. The lowest BCUT2D eigenvalue weighted by Gasteiger charge is -2.25. The Morgan fingerprint density at radius 2 is 2.25 bits per heavy atom. The van der Waals surface area contributed by atoms with E-state index in [1.165, 1.54) is 25.7 Å². The van der Waals surface area contributed by atoms with E-state index in [9.17, 15) is 4.79 Å². The van der Waals surface area contributed by atoms with Gasteiger partial charge in [-0.1, -0.05) is 0 Å². The molecule has 1 aliphatic heterocycles. The van der Waals surface area contributed by atoms with Gasteiger partial charge in [0.1, 0.15) is 0 Å². The van der Waals surface area contributed by atoms with Gasteiger partial charge >= 0.3 is 0 Å². The third kappa shape index (κ3) is 3.43. The Bertz CT molecular complexity index is 473. The van der Waals surface area contributed by atoms with Gasteiger partial charge in [-0.25, -0.2) is 0 Å². The summed E-state index contributed by atoms with van der Waals surface area (Å²) < 4.78 is 1.08. The second-order valence-corrected chi connectivity index (χ2v) is 8.38. The van der Waals surface area contributed by atoms with E-state index in [-0.39, 0.29) is 5.91 Å². The van der Waals surface area contributed by atoms with Gasteiger partial charge in [-0.3, -0.25) is 4.79 Å². The summed E-state index contributed by atoms with van der Waals surface area (Å²) in [6.07, 6.45) is 5.01. The van der Waals surface area contributed by atoms with Crippen LogP contribution in [0.2, 0.25) is 0 Å². The lowest BCUT2D eigenvalue weighted by atomic mass is 10.2. The van der Waals surface area contributed by atoms with Gasteiger partial charge in [-0.05, 0) is 72.6 Å². The molecule has 2 aliphatic rings. The quantitative estimate of drug-likeness (QED) is 0.876. The maximum absolute atomic E-state index is 12.7. The number of carbonyl (C=O) groups is 1. The zero-order valence-electron chi connectivity index (χ0n) is 11.8. The normalized spacial score (nSPS) is 22.2. The summed E-state index contributed by atoms with van der Waals surface area (Å²) >= 11 is 5.08. The maximum Gasteiger partial charge on any atom is 0.264 e. The van der Waals surface area contributed by atoms with Crippen LogP contribution >= 0.6 is 27.3 Å². The Labute approximate surface area is 132 Å². The molecule has 5 heteroatoms. The van der Waals surface area contributed by atoms with Gasteiger partial charge < -0.3 is 10.2 Å². The van der Waals surface area contributed by atoms with Crippen molar-refractivity contribution in [3.63, 3.8) is 0 Å². The molecule has 1 N–H and O–H groups in total. The molecular weight excluding hydrogens is 336 g/mol. The molecule has 1 amide bonds. The Balaban J connectivity index is 1.70. The summed E-state index contributed by atoms with van der Waals surface area (Å²) in [6, 6.07) is 2.50. The smallest absolute Gasteiger partial charge is 0.264 e. The number of carbonyl (C=O) groups excluding carboxylic acids is 1. The molecule has 1 saturated carbocycles. The number of aryl methyl sites for hydroxylation is 1. The summed E-state index contributed by atoms with van der Waals surface area (Å²) in [6.45, 7) is 4.94. The minimum atomic E-state index is 0.212. The van der Waals surface area contributed by atoms with Crippen LogP contribution in [0, 0.1) is 12.8 Å². The first-order chi connectivity index (χ1) is 9.63. The molecule has 1 aliphatic carbocycles. The van der Waals surface area contributed by atoms with Gasteiger partial charge in [0, 0.05) is 19.1 Å². The average Bonchev–Trinajstić information content (AvgIpc) is 2.96. The minimum Gasteiger partial charge on any atom is -0.336 e. The van der Waals surface area contributed by atoms with Crippen molar-refractivity contribution < 1.29 is 4.79 Å². The second kappa shape index (κ2) is 6.16. The molecule has 3 rings (SSSR count). The fourth-order valence-electron chi connectivity index (χ4n) is 2.75. The van der Waals surface area contributed by atoms with E-state index < -0.39 is 0 Å². The molecular formula is C15H21BrN2OS. The molecule has 110 valence electrons. The van der Waals surface area contributed by atoms with Gasteiger partial charge in [0.2, 0.25) is 0 Å². The zero-order chi connectivity index (χ0) is 14.1. The summed E-state index contributed by atoms with van der Waals surface area (Å²) in [7, 11) is 0. The maximum atomic E-state index is 12.7. The highest BCUT2D eigenvalue weighted by Gasteiger charge is 2.30. The molecule has 1 atom stereocenters. The Morgan fingerprint density at radius 3 is 2.80 bits per heavy atom. The first-order valence-electron chi connectivity index (χ1n) is 7.42. The number of rotatable bonds is 5.